The standard InChI is InChI=1S/C23H28N2O7S/c1-3-4-13-32-23(27)17-5-8-19(9-6-17)24-22(26)18-7-10-20(30-2)21(16-18)33(28,29)25-11-14-31-15-12-25/h5-10,16H,3-4,11-15H2,1-2H3,(H,24,26). The summed E-state index contributed by atoms with van der Waals surface area (Å²) in [6, 6.07) is 10.5. The molecule has 1 amide bonds. The number of amides is 1. The summed E-state index contributed by atoms with van der Waals surface area (Å²) in [5.74, 6) is -0.757. The lowest BCUT2D eigenvalue weighted by Crippen LogP contribution is -2.40. The SMILES string of the molecule is CCCCOC(=O)c1ccc(NC(=O)c2ccc(OC)c(S(=O)(=O)N3CCOCC3)c2)cc1. The number of nitrogens with one attached hydrogen (secondary N) is 1. The van der Waals surface area contributed by atoms with Crippen LogP contribution in [0.5, 0.6) is 5.75 Å². The molecule has 2 aromatic rings. The molecule has 1 saturated heterocycles. The van der Waals surface area contributed by atoms with E-state index in [1.54, 1.807) is 24.3 Å². The van der Waals surface area contributed by atoms with Crippen LogP contribution < -0.4 is 10.1 Å². The van der Waals surface area contributed by atoms with Gasteiger partial charge in [0.15, 0.2) is 0 Å². The molecule has 0 aliphatic carbocycles. The predicted octanol–water partition coefficient (Wildman–Crippen LogP) is 2.93. The fraction of sp³-hybridized carbons (Fsp3) is 0.391. The summed E-state index contributed by atoms with van der Waals surface area (Å²) in [6.45, 7) is 3.45. The Morgan fingerprint density at radius 1 is 1.06 bits per heavy atom. The van der Waals surface area contributed by atoms with E-state index in [0.717, 1.165) is 12.8 Å². The van der Waals surface area contributed by atoms with Gasteiger partial charge in [0, 0.05) is 24.3 Å². The number of sulfonamides is 1. The van der Waals surface area contributed by atoms with Gasteiger partial charge in [-0.15, -0.1) is 0 Å². The van der Waals surface area contributed by atoms with Crippen LogP contribution in [-0.2, 0) is 19.5 Å². The second-order valence-electron chi connectivity index (χ2n) is 7.40. The Kier molecular flexibility index (Phi) is 8.43. The third-order valence-corrected chi connectivity index (χ3v) is 7.04. The molecule has 0 atom stereocenters. The van der Waals surface area contributed by atoms with E-state index in [0.29, 0.717) is 31.1 Å². The number of rotatable bonds is 9. The quantitative estimate of drug-likeness (QED) is 0.438. The van der Waals surface area contributed by atoms with Crippen molar-refractivity contribution in [1.82, 2.24) is 4.31 Å². The fourth-order valence-corrected chi connectivity index (χ4v) is 4.82. The fourth-order valence-electron chi connectivity index (χ4n) is 3.23. The first kappa shape index (κ1) is 24.7. The third-order valence-electron chi connectivity index (χ3n) is 5.12. The molecular weight excluding hydrogens is 448 g/mol. The van der Waals surface area contributed by atoms with Crippen LogP contribution in [0, 0.1) is 0 Å². The van der Waals surface area contributed by atoms with Crippen LogP contribution in [0.4, 0.5) is 5.69 Å². The molecule has 1 fully saturated rings. The van der Waals surface area contributed by atoms with Crippen molar-refractivity contribution in [1.29, 1.82) is 0 Å². The van der Waals surface area contributed by atoms with Gasteiger partial charge >= 0.3 is 5.97 Å². The lowest BCUT2D eigenvalue weighted by Gasteiger charge is -2.26. The van der Waals surface area contributed by atoms with Gasteiger partial charge in [0.2, 0.25) is 10.0 Å². The molecule has 2 aromatic carbocycles. The first-order valence-electron chi connectivity index (χ1n) is 10.7. The van der Waals surface area contributed by atoms with Gasteiger partial charge in [0.05, 0.1) is 32.5 Å². The van der Waals surface area contributed by atoms with E-state index in [4.69, 9.17) is 14.2 Å². The summed E-state index contributed by atoms with van der Waals surface area (Å²) in [5, 5.41) is 2.71. The number of anilines is 1. The summed E-state index contributed by atoms with van der Waals surface area (Å²) >= 11 is 0. The van der Waals surface area contributed by atoms with E-state index in [9.17, 15) is 18.0 Å². The van der Waals surface area contributed by atoms with Crippen LogP contribution in [-0.4, -0.2) is 64.6 Å². The Morgan fingerprint density at radius 2 is 1.73 bits per heavy atom. The van der Waals surface area contributed by atoms with Crippen molar-refractivity contribution in [2.24, 2.45) is 0 Å². The summed E-state index contributed by atoms with van der Waals surface area (Å²) in [7, 11) is -2.48. The average molecular weight is 477 g/mol. The smallest absolute Gasteiger partial charge is 0.338 e. The van der Waals surface area contributed by atoms with E-state index in [2.05, 4.69) is 5.32 Å². The van der Waals surface area contributed by atoms with Gasteiger partial charge in [0.25, 0.3) is 5.91 Å². The first-order valence-corrected chi connectivity index (χ1v) is 12.1. The van der Waals surface area contributed by atoms with Crippen molar-refractivity contribution >= 4 is 27.6 Å². The number of carbonyl (C=O) groups is 2. The van der Waals surface area contributed by atoms with Crippen LogP contribution in [0.15, 0.2) is 47.4 Å². The highest BCUT2D eigenvalue weighted by Crippen LogP contribution is 2.29. The lowest BCUT2D eigenvalue weighted by atomic mass is 10.1. The van der Waals surface area contributed by atoms with Gasteiger partial charge in [0.1, 0.15) is 10.6 Å². The maximum atomic E-state index is 13.1. The van der Waals surface area contributed by atoms with Crippen molar-refractivity contribution in [2.45, 2.75) is 24.7 Å². The zero-order valence-corrected chi connectivity index (χ0v) is 19.5. The summed E-state index contributed by atoms with van der Waals surface area (Å²) < 4.78 is 43.2. The summed E-state index contributed by atoms with van der Waals surface area (Å²) in [6.07, 6.45) is 1.73. The highest BCUT2D eigenvalue weighted by molar-refractivity contribution is 7.89. The molecule has 178 valence electrons. The highest BCUT2D eigenvalue weighted by Gasteiger charge is 2.30. The van der Waals surface area contributed by atoms with E-state index >= 15 is 0 Å². The van der Waals surface area contributed by atoms with Crippen LogP contribution in [0.2, 0.25) is 0 Å². The zero-order chi connectivity index (χ0) is 23.8. The molecule has 0 spiro atoms. The van der Waals surface area contributed by atoms with E-state index in [1.165, 1.54) is 29.6 Å². The van der Waals surface area contributed by atoms with E-state index in [1.807, 2.05) is 6.92 Å². The molecule has 0 saturated carbocycles. The predicted molar refractivity (Wildman–Crippen MR) is 122 cm³/mol. The molecule has 0 unspecified atom stereocenters. The number of nitrogens with zero attached hydrogens (tertiary/aromatic N) is 1. The molecule has 0 bridgehead atoms. The van der Waals surface area contributed by atoms with Crippen LogP contribution >= 0.6 is 0 Å². The van der Waals surface area contributed by atoms with Crippen LogP contribution in [0.25, 0.3) is 0 Å². The topological polar surface area (TPSA) is 111 Å². The molecule has 10 heteroatoms. The maximum Gasteiger partial charge on any atom is 0.338 e. The number of benzene rings is 2. The maximum absolute atomic E-state index is 13.1. The largest absolute Gasteiger partial charge is 0.495 e. The molecule has 1 aliphatic rings. The number of methoxy groups -OCH3 is 1. The van der Waals surface area contributed by atoms with Crippen LogP contribution in [0.3, 0.4) is 0 Å². The van der Waals surface area contributed by atoms with E-state index in [-0.39, 0.29) is 29.3 Å². The monoisotopic (exact) mass is 476 g/mol. The third kappa shape index (κ3) is 6.10. The Labute approximate surface area is 193 Å². The highest BCUT2D eigenvalue weighted by atomic mass is 32.2. The number of hydrogen-bond acceptors (Lipinski definition) is 7. The first-order chi connectivity index (χ1) is 15.9. The van der Waals surface area contributed by atoms with Gasteiger partial charge in [-0.1, -0.05) is 13.3 Å². The van der Waals surface area contributed by atoms with Crippen molar-refractivity contribution in [2.75, 3.05) is 45.3 Å². The van der Waals surface area contributed by atoms with Gasteiger partial charge in [-0.2, -0.15) is 4.31 Å². The van der Waals surface area contributed by atoms with Gasteiger partial charge in [-0.3, -0.25) is 4.79 Å². The lowest BCUT2D eigenvalue weighted by molar-refractivity contribution is 0.0499. The molecule has 9 nitrogen and oxygen atoms in total. The van der Waals surface area contributed by atoms with Crippen molar-refractivity contribution < 1.29 is 32.2 Å². The van der Waals surface area contributed by atoms with Gasteiger partial charge < -0.3 is 19.5 Å². The van der Waals surface area contributed by atoms with Crippen molar-refractivity contribution in [3.8, 4) is 5.75 Å². The Hall–Kier alpha value is -2.95. The minimum Gasteiger partial charge on any atom is -0.495 e. The Balaban J connectivity index is 1.75. The van der Waals surface area contributed by atoms with Gasteiger partial charge in [-0.25, -0.2) is 13.2 Å². The molecule has 1 N–H and O–H groups in total. The summed E-state index contributed by atoms with van der Waals surface area (Å²) in [4.78, 5) is 24.7. The number of unbranched alkanes of at least 4 members (excludes halogenated alkanes) is 1. The number of hydrogen-bond donors (Lipinski definition) is 1. The Bertz CT molecular complexity index is 1080. The molecule has 33 heavy (non-hydrogen) atoms. The van der Waals surface area contributed by atoms with E-state index < -0.39 is 21.9 Å². The number of esters is 1. The molecule has 1 heterocycles. The minimum atomic E-state index is -3.86. The molecular formula is C23H28N2O7S. The number of ether oxygens (including phenoxy) is 3. The molecule has 0 aromatic heterocycles. The minimum absolute atomic E-state index is 0.0790. The Morgan fingerprint density at radius 3 is 2.36 bits per heavy atom. The molecule has 3 rings (SSSR count). The second kappa shape index (κ2) is 11.3. The molecule has 0 radical (unpaired) electrons. The normalized spacial score (nSPS) is 14.5. The zero-order valence-electron chi connectivity index (χ0n) is 18.7. The second-order valence-corrected chi connectivity index (χ2v) is 9.31. The van der Waals surface area contributed by atoms with Crippen LogP contribution in [0.1, 0.15) is 40.5 Å². The average Bonchev–Trinajstić information content (AvgIpc) is 2.84. The van der Waals surface area contributed by atoms with Crippen molar-refractivity contribution in [3.63, 3.8) is 0 Å². The molecule has 1 aliphatic heterocycles. The summed E-state index contributed by atoms with van der Waals surface area (Å²) in [5.41, 5.74) is 0.997. The number of carbonyl (C=O) groups excluding carboxylic acids is 2. The number of morpholine rings is 1. The van der Waals surface area contributed by atoms with Gasteiger partial charge in [-0.05, 0) is 48.9 Å². The van der Waals surface area contributed by atoms with Crippen molar-refractivity contribution in [3.05, 3.63) is 53.6 Å².